The van der Waals surface area contributed by atoms with Gasteiger partial charge >= 0.3 is 0 Å². The Kier molecular flexibility index (Phi) is 10.7. The number of hydrogen-bond donors (Lipinski definition) is 4. The van der Waals surface area contributed by atoms with Gasteiger partial charge in [0, 0.05) is 23.5 Å². The van der Waals surface area contributed by atoms with Crippen molar-refractivity contribution >= 4 is 21.8 Å². The van der Waals surface area contributed by atoms with E-state index >= 15 is 0 Å². The summed E-state index contributed by atoms with van der Waals surface area (Å²) in [4.78, 5) is 21.2. The predicted octanol–water partition coefficient (Wildman–Crippen LogP) is 8.52. The van der Waals surface area contributed by atoms with E-state index in [4.69, 9.17) is 14.7 Å². The van der Waals surface area contributed by atoms with E-state index in [-0.39, 0.29) is 12.1 Å². The summed E-state index contributed by atoms with van der Waals surface area (Å²) in [5.41, 5.74) is 7.30. The Hall–Kier alpha value is -3.76. The number of ether oxygens (including phenoxy) is 1. The van der Waals surface area contributed by atoms with Crippen molar-refractivity contribution in [3.8, 4) is 28.1 Å². The highest BCUT2D eigenvalue weighted by Crippen LogP contribution is 2.42. The first-order valence-corrected chi connectivity index (χ1v) is 18.3. The number of benzene rings is 3. The SMILES string of the molecule is CCCC(O)N(Cc1nc2c(ccc3cc4c(cc32)OCc2cc(-c3cnc(C(C)N(CC(C)C)C(O)CCC)[nH]3)ccc2-4)[nH]1)C(C)CC. The van der Waals surface area contributed by atoms with Crippen molar-refractivity contribution < 1.29 is 14.9 Å². The summed E-state index contributed by atoms with van der Waals surface area (Å²) in [6.45, 7) is 16.8. The Bertz CT molecular complexity index is 1880. The minimum Gasteiger partial charge on any atom is -0.488 e. The van der Waals surface area contributed by atoms with Gasteiger partial charge in [-0.15, -0.1) is 0 Å². The number of hydrogen-bond acceptors (Lipinski definition) is 7. The third-order valence-corrected chi connectivity index (χ3v) is 10.1. The molecule has 2 aromatic heterocycles. The molecule has 9 nitrogen and oxygen atoms in total. The van der Waals surface area contributed by atoms with Crippen LogP contribution in [0.5, 0.6) is 5.75 Å². The Morgan fingerprint density at radius 1 is 0.878 bits per heavy atom. The van der Waals surface area contributed by atoms with E-state index < -0.39 is 12.5 Å². The number of H-pyrrole nitrogens is 2. The molecule has 6 rings (SSSR count). The molecule has 4 atom stereocenters. The molecule has 0 fully saturated rings. The lowest BCUT2D eigenvalue weighted by Crippen LogP contribution is -2.41. The first-order valence-electron chi connectivity index (χ1n) is 18.3. The van der Waals surface area contributed by atoms with Crippen molar-refractivity contribution in [1.29, 1.82) is 0 Å². The van der Waals surface area contributed by atoms with Crippen molar-refractivity contribution in [2.24, 2.45) is 5.92 Å². The number of aromatic nitrogens is 4. The number of aliphatic hydroxyl groups is 2. The van der Waals surface area contributed by atoms with Crippen LogP contribution < -0.4 is 4.74 Å². The van der Waals surface area contributed by atoms with Gasteiger partial charge in [0.2, 0.25) is 0 Å². The molecular weight excluding hydrogens is 612 g/mol. The first-order chi connectivity index (χ1) is 23.6. The number of nitrogens with one attached hydrogen (secondary N) is 2. The summed E-state index contributed by atoms with van der Waals surface area (Å²) in [5, 5.41) is 23.9. The second kappa shape index (κ2) is 15.0. The molecule has 0 amide bonds. The van der Waals surface area contributed by atoms with E-state index in [1.807, 2.05) is 6.20 Å². The van der Waals surface area contributed by atoms with Crippen LogP contribution in [-0.4, -0.2) is 65.0 Å². The second-order valence-corrected chi connectivity index (χ2v) is 14.3. The lowest BCUT2D eigenvalue weighted by molar-refractivity contribution is -0.0360. The maximum absolute atomic E-state index is 10.9. The topological polar surface area (TPSA) is 114 Å². The molecule has 1 aliphatic heterocycles. The molecule has 1 aliphatic rings. The van der Waals surface area contributed by atoms with Crippen LogP contribution in [0.1, 0.15) is 104 Å². The van der Waals surface area contributed by atoms with Crippen LogP contribution in [0.15, 0.2) is 48.7 Å². The molecule has 3 heterocycles. The monoisotopic (exact) mass is 666 g/mol. The Morgan fingerprint density at radius 3 is 2.35 bits per heavy atom. The van der Waals surface area contributed by atoms with Crippen molar-refractivity contribution in [1.82, 2.24) is 29.7 Å². The van der Waals surface area contributed by atoms with Gasteiger partial charge in [0.05, 0.1) is 35.5 Å². The zero-order valence-corrected chi connectivity index (χ0v) is 30.3. The number of rotatable bonds is 15. The van der Waals surface area contributed by atoms with Crippen LogP contribution in [0.3, 0.4) is 0 Å². The number of fused-ring (bicyclic) bond motifs is 6. The molecule has 0 saturated carbocycles. The van der Waals surface area contributed by atoms with E-state index in [9.17, 15) is 10.2 Å². The van der Waals surface area contributed by atoms with E-state index in [1.54, 1.807) is 0 Å². The number of nitrogens with zero attached hydrogens (tertiary/aromatic N) is 4. The maximum Gasteiger partial charge on any atom is 0.128 e. The number of imidazole rings is 2. The lowest BCUT2D eigenvalue weighted by Gasteiger charge is -2.33. The fourth-order valence-electron chi connectivity index (χ4n) is 7.20. The minimum atomic E-state index is -0.497. The van der Waals surface area contributed by atoms with Crippen molar-refractivity contribution in [3.05, 3.63) is 65.9 Å². The molecule has 0 saturated heterocycles. The standard InChI is InChI=1S/C40H54N6O3/c1-8-11-37(47)45(25(6)10-3)22-36-42-33-16-14-27-18-32-30-15-13-28(17-29(30)23-49-35(32)19-31(27)39(33)44-36)34-20-41-40(43-34)26(7)46(21-24(4)5)38(48)12-9-2/h13-20,24-26,37-38,47-48H,8-12,21-23H2,1-7H3,(H,41,43)(H,42,44). The van der Waals surface area contributed by atoms with Gasteiger partial charge in [-0.1, -0.05) is 65.7 Å². The van der Waals surface area contributed by atoms with Gasteiger partial charge in [-0.3, -0.25) is 9.80 Å². The maximum atomic E-state index is 10.9. The van der Waals surface area contributed by atoms with Gasteiger partial charge < -0.3 is 24.9 Å². The van der Waals surface area contributed by atoms with Crippen LogP contribution in [-0.2, 0) is 13.2 Å². The largest absolute Gasteiger partial charge is 0.488 e. The molecule has 0 bridgehead atoms. The third kappa shape index (κ3) is 7.26. The summed E-state index contributed by atoms with van der Waals surface area (Å²) in [5.74, 6) is 3.00. The summed E-state index contributed by atoms with van der Waals surface area (Å²) >= 11 is 0. The van der Waals surface area contributed by atoms with E-state index in [1.165, 1.54) is 5.56 Å². The van der Waals surface area contributed by atoms with E-state index in [2.05, 4.69) is 111 Å². The second-order valence-electron chi connectivity index (χ2n) is 14.3. The summed E-state index contributed by atoms with van der Waals surface area (Å²) in [6, 6.07) is 15.3. The molecule has 4 unspecified atom stereocenters. The van der Waals surface area contributed by atoms with Gasteiger partial charge in [0.25, 0.3) is 0 Å². The molecule has 9 heteroatoms. The zero-order valence-electron chi connectivity index (χ0n) is 30.3. The number of aromatic amines is 2. The zero-order chi connectivity index (χ0) is 34.8. The third-order valence-electron chi connectivity index (χ3n) is 10.1. The highest BCUT2D eigenvalue weighted by molar-refractivity contribution is 6.07. The van der Waals surface area contributed by atoms with E-state index in [0.29, 0.717) is 19.1 Å². The highest BCUT2D eigenvalue weighted by atomic mass is 16.5. The van der Waals surface area contributed by atoms with Gasteiger partial charge in [0.1, 0.15) is 36.5 Å². The van der Waals surface area contributed by atoms with Crippen molar-refractivity contribution in [2.45, 2.75) is 118 Å². The first kappa shape index (κ1) is 35.1. The molecular formula is C40H54N6O3. The van der Waals surface area contributed by atoms with Crippen LogP contribution >= 0.6 is 0 Å². The fourth-order valence-corrected chi connectivity index (χ4v) is 7.20. The van der Waals surface area contributed by atoms with Crippen LogP contribution in [0, 0.1) is 5.92 Å². The Labute approximate surface area is 290 Å². The van der Waals surface area contributed by atoms with Gasteiger partial charge in [-0.05, 0) is 85.4 Å². The smallest absolute Gasteiger partial charge is 0.128 e. The van der Waals surface area contributed by atoms with Crippen molar-refractivity contribution in [3.63, 3.8) is 0 Å². The van der Waals surface area contributed by atoms with Crippen LogP contribution in [0.25, 0.3) is 44.2 Å². The van der Waals surface area contributed by atoms with Crippen LogP contribution in [0.4, 0.5) is 0 Å². The number of aliphatic hydroxyl groups excluding tert-OH is 2. The highest BCUT2D eigenvalue weighted by Gasteiger charge is 2.27. The molecule has 262 valence electrons. The Morgan fingerprint density at radius 2 is 1.63 bits per heavy atom. The molecule has 3 aromatic carbocycles. The molecule has 0 radical (unpaired) electrons. The summed E-state index contributed by atoms with van der Waals surface area (Å²) in [6.07, 6.45) is 5.20. The lowest BCUT2D eigenvalue weighted by atomic mass is 9.92. The molecule has 0 spiro atoms. The normalized spacial score (nSPS) is 15.5. The summed E-state index contributed by atoms with van der Waals surface area (Å²) in [7, 11) is 0. The van der Waals surface area contributed by atoms with Gasteiger partial charge in [-0.2, -0.15) is 0 Å². The average Bonchev–Trinajstić information content (AvgIpc) is 3.76. The predicted molar refractivity (Wildman–Crippen MR) is 198 cm³/mol. The average molecular weight is 667 g/mol. The van der Waals surface area contributed by atoms with Crippen molar-refractivity contribution in [2.75, 3.05) is 6.54 Å². The van der Waals surface area contributed by atoms with Gasteiger partial charge in [0.15, 0.2) is 0 Å². The summed E-state index contributed by atoms with van der Waals surface area (Å²) < 4.78 is 6.40. The molecule has 0 aliphatic carbocycles. The molecule has 5 aromatic rings. The minimum absolute atomic E-state index is 0.0395. The Balaban J connectivity index is 1.27. The quantitative estimate of drug-likeness (QED) is 0.0829. The molecule has 49 heavy (non-hydrogen) atoms. The fraction of sp³-hybridized carbons (Fsp3) is 0.500. The van der Waals surface area contributed by atoms with Crippen LogP contribution in [0.2, 0.25) is 0 Å². The van der Waals surface area contributed by atoms with Gasteiger partial charge in [-0.25, -0.2) is 9.97 Å². The molecule has 4 N–H and O–H groups in total. The van der Waals surface area contributed by atoms with E-state index in [0.717, 1.165) is 100 Å².